The molecule has 0 bridgehead atoms. The number of hydrogen-bond acceptors (Lipinski definition) is 5. The van der Waals surface area contributed by atoms with Crippen LogP contribution in [0, 0.1) is 16.0 Å². The van der Waals surface area contributed by atoms with Crippen LogP contribution in [-0.2, 0) is 11.2 Å². The molecule has 7 nitrogen and oxygen atoms in total. The monoisotopic (exact) mass is 396 g/mol. The maximum atomic E-state index is 12.7. The Kier molecular flexibility index (Phi) is 6.59. The Morgan fingerprint density at radius 3 is 2.24 bits per heavy atom. The molecule has 152 valence electrons. The first kappa shape index (κ1) is 20.5. The van der Waals surface area contributed by atoms with Crippen molar-refractivity contribution in [2.45, 2.75) is 26.2 Å². The van der Waals surface area contributed by atoms with Gasteiger partial charge in [0.25, 0.3) is 5.69 Å². The summed E-state index contributed by atoms with van der Waals surface area (Å²) >= 11 is 0. The number of carbonyl (C=O) groups excluding carboxylic acids is 2. The second-order valence-electron chi connectivity index (χ2n) is 7.08. The number of amides is 1. The Bertz CT molecular complexity index is 869. The maximum Gasteiger partial charge on any atom is 0.269 e. The lowest BCUT2D eigenvalue weighted by atomic mass is 9.88. The molecule has 7 heteroatoms. The first-order chi connectivity index (χ1) is 14.0. The third-order valence-electron chi connectivity index (χ3n) is 5.17. The van der Waals surface area contributed by atoms with E-state index < -0.39 is 4.92 Å². The van der Waals surface area contributed by atoms with Gasteiger partial charge < -0.3 is 9.64 Å². The number of ketones is 1. The van der Waals surface area contributed by atoms with Crippen molar-refractivity contribution in [3.05, 3.63) is 69.8 Å². The van der Waals surface area contributed by atoms with Crippen molar-refractivity contribution in [2.75, 3.05) is 19.7 Å². The van der Waals surface area contributed by atoms with Gasteiger partial charge in [0.05, 0.1) is 18.0 Å². The van der Waals surface area contributed by atoms with E-state index in [4.69, 9.17) is 4.74 Å². The van der Waals surface area contributed by atoms with E-state index in [0.29, 0.717) is 38.1 Å². The van der Waals surface area contributed by atoms with Gasteiger partial charge in [0.1, 0.15) is 5.75 Å². The molecule has 1 fully saturated rings. The normalized spacial score (nSPS) is 14.4. The van der Waals surface area contributed by atoms with Crippen LogP contribution < -0.4 is 4.74 Å². The van der Waals surface area contributed by atoms with Gasteiger partial charge >= 0.3 is 0 Å². The topological polar surface area (TPSA) is 89.8 Å². The lowest BCUT2D eigenvalue weighted by Crippen LogP contribution is -2.41. The molecule has 2 aromatic rings. The van der Waals surface area contributed by atoms with Gasteiger partial charge in [0.15, 0.2) is 5.78 Å². The molecule has 1 aliphatic rings. The van der Waals surface area contributed by atoms with Crippen molar-refractivity contribution in [1.29, 1.82) is 0 Å². The largest absolute Gasteiger partial charge is 0.494 e. The molecular weight excluding hydrogens is 372 g/mol. The Morgan fingerprint density at radius 1 is 1.07 bits per heavy atom. The van der Waals surface area contributed by atoms with Crippen molar-refractivity contribution in [1.82, 2.24) is 4.90 Å². The molecule has 1 saturated heterocycles. The fourth-order valence-electron chi connectivity index (χ4n) is 3.53. The number of nitro groups is 1. The lowest BCUT2D eigenvalue weighted by Gasteiger charge is -2.31. The average molecular weight is 396 g/mol. The van der Waals surface area contributed by atoms with Crippen molar-refractivity contribution in [2.24, 2.45) is 5.92 Å². The van der Waals surface area contributed by atoms with Gasteiger partial charge in [0, 0.05) is 36.7 Å². The highest BCUT2D eigenvalue weighted by Gasteiger charge is 2.28. The number of carbonyl (C=O) groups is 2. The molecular formula is C22H24N2O5. The van der Waals surface area contributed by atoms with E-state index in [-0.39, 0.29) is 29.7 Å². The molecule has 0 spiro atoms. The number of nitro benzene ring substituents is 1. The minimum absolute atomic E-state index is 0.00909. The van der Waals surface area contributed by atoms with E-state index in [9.17, 15) is 19.7 Å². The van der Waals surface area contributed by atoms with Crippen molar-refractivity contribution in [3.63, 3.8) is 0 Å². The maximum absolute atomic E-state index is 12.7. The predicted molar refractivity (Wildman–Crippen MR) is 108 cm³/mol. The zero-order valence-corrected chi connectivity index (χ0v) is 16.4. The van der Waals surface area contributed by atoms with Crippen molar-refractivity contribution in [3.8, 4) is 5.75 Å². The molecule has 0 aliphatic carbocycles. The molecule has 0 saturated carbocycles. The quantitative estimate of drug-likeness (QED) is 0.405. The molecule has 0 N–H and O–H groups in total. The Labute approximate surface area is 169 Å². The second kappa shape index (κ2) is 9.32. The summed E-state index contributed by atoms with van der Waals surface area (Å²) in [6.07, 6.45) is 1.48. The molecule has 1 heterocycles. The molecule has 1 amide bonds. The number of hydrogen-bond donors (Lipinski definition) is 0. The summed E-state index contributed by atoms with van der Waals surface area (Å²) in [5.41, 5.74) is 1.42. The number of likely N-dealkylation sites (tertiary alicyclic amines) is 1. The van der Waals surface area contributed by atoms with E-state index >= 15 is 0 Å². The van der Waals surface area contributed by atoms with Crippen LogP contribution in [0.2, 0.25) is 0 Å². The van der Waals surface area contributed by atoms with Crippen LogP contribution in [0.25, 0.3) is 0 Å². The van der Waals surface area contributed by atoms with Crippen molar-refractivity contribution >= 4 is 17.4 Å². The minimum Gasteiger partial charge on any atom is -0.494 e. The molecule has 29 heavy (non-hydrogen) atoms. The van der Waals surface area contributed by atoms with Gasteiger partial charge in [-0.15, -0.1) is 0 Å². The third kappa shape index (κ3) is 5.19. The number of non-ortho nitro benzene ring substituents is 1. The molecule has 3 rings (SSSR count). The van der Waals surface area contributed by atoms with Gasteiger partial charge in [-0.05, 0) is 49.6 Å². The number of nitrogens with zero attached hydrogens (tertiary/aromatic N) is 2. The van der Waals surface area contributed by atoms with Crippen LogP contribution in [0.15, 0.2) is 48.5 Å². The molecule has 2 aromatic carbocycles. The molecule has 1 aliphatic heterocycles. The standard InChI is InChI=1S/C22H24N2O5/c1-2-29-20-9-5-17(6-10-20)22(26)18-11-13-23(14-12-18)21(25)15-16-3-7-19(8-4-16)24(27)28/h3-10,18H,2,11-15H2,1H3. The second-order valence-corrected chi connectivity index (χ2v) is 7.08. The number of ether oxygens (including phenoxy) is 1. The first-order valence-electron chi connectivity index (χ1n) is 9.76. The smallest absolute Gasteiger partial charge is 0.269 e. The van der Waals surface area contributed by atoms with Crippen LogP contribution in [0.3, 0.4) is 0 Å². The van der Waals surface area contributed by atoms with E-state index in [1.807, 2.05) is 6.92 Å². The molecule has 0 radical (unpaired) electrons. The predicted octanol–water partition coefficient (Wildman–Crippen LogP) is 3.66. The fourth-order valence-corrected chi connectivity index (χ4v) is 3.53. The van der Waals surface area contributed by atoms with E-state index in [1.165, 1.54) is 12.1 Å². The zero-order valence-electron chi connectivity index (χ0n) is 16.4. The van der Waals surface area contributed by atoms with Gasteiger partial charge in [-0.1, -0.05) is 12.1 Å². The molecule has 0 aromatic heterocycles. The molecule has 0 unspecified atom stereocenters. The van der Waals surface area contributed by atoms with Crippen LogP contribution in [0.5, 0.6) is 5.75 Å². The minimum atomic E-state index is -0.461. The third-order valence-corrected chi connectivity index (χ3v) is 5.17. The lowest BCUT2D eigenvalue weighted by molar-refractivity contribution is -0.384. The Hall–Kier alpha value is -3.22. The number of benzene rings is 2. The summed E-state index contributed by atoms with van der Waals surface area (Å²) in [5.74, 6) is 0.744. The van der Waals surface area contributed by atoms with Crippen LogP contribution >= 0.6 is 0 Å². The zero-order chi connectivity index (χ0) is 20.8. The average Bonchev–Trinajstić information content (AvgIpc) is 2.74. The summed E-state index contributed by atoms with van der Waals surface area (Å²) < 4.78 is 5.40. The Morgan fingerprint density at radius 2 is 1.69 bits per heavy atom. The van der Waals surface area contributed by atoms with Gasteiger partial charge in [0.2, 0.25) is 5.91 Å². The number of rotatable bonds is 7. The summed E-state index contributed by atoms with van der Waals surface area (Å²) in [6, 6.07) is 13.2. The highest BCUT2D eigenvalue weighted by atomic mass is 16.6. The number of Topliss-reactive ketones (excluding diaryl/α,β-unsaturated/α-hetero) is 1. The van der Waals surface area contributed by atoms with Crippen molar-refractivity contribution < 1.29 is 19.2 Å². The van der Waals surface area contributed by atoms with E-state index in [1.54, 1.807) is 41.3 Å². The van der Waals surface area contributed by atoms with Gasteiger partial charge in [-0.2, -0.15) is 0 Å². The molecule has 0 atom stereocenters. The summed E-state index contributed by atoms with van der Waals surface area (Å²) in [5, 5.41) is 10.7. The summed E-state index contributed by atoms with van der Waals surface area (Å²) in [7, 11) is 0. The van der Waals surface area contributed by atoms with Crippen LogP contribution in [0.1, 0.15) is 35.7 Å². The highest BCUT2D eigenvalue weighted by Crippen LogP contribution is 2.24. The Balaban J connectivity index is 1.52. The SMILES string of the molecule is CCOc1ccc(C(=O)C2CCN(C(=O)Cc3ccc([N+](=O)[O-])cc3)CC2)cc1. The van der Waals surface area contributed by atoms with E-state index in [0.717, 1.165) is 11.3 Å². The summed E-state index contributed by atoms with van der Waals surface area (Å²) in [6.45, 7) is 3.58. The van der Waals surface area contributed by atoms with Crippen LogP contribution in [0.4, 0.5) is 5.69 Å². The first-order valence-corrected chi connectivity index (χ1v) is 9.76. The fraction of sp³-hybridized carbons (Fsp3) is 0.364. The van der Waals surface area contributed by atoms with Gasteiger partial charge in [-0.25, -0.2) is 0 Å². The van der Waals surface area contributed by atoms with Gasteiger partial charge in [-0.3, -0.25) is 19.7 Å². The number of piperidine rings is 1. The van der Waals surface area contributed by atoms with E-state index in [2.05, 4.69) is 0 Å². The summed E-state index contributed by atoms with van der Waals surface area (Å²) in [4.78, 5) is 37.3. The van der Waals surface area contributed by atoms with Crippen LogP contribution in [-0.4, -0.2) is 41.2 Å². The highest BCUT2D eigenvalue weighted by molar-refractivity contribution is 5.98.